The van der Waals surface area contributed by atoms with Crippen LogP contribution in [0.1, 0.15) is 29.8 Å². The Kier molecular flexibility index (Phi) is 5.93. The molecule has 0 bridgehead atoms. The predicted octanol–water partition coefficient (Wildman–Crippen LogP) is 3.01. The average molecular weight is 380 g/mol. The first-order valence-electron chi connectivity index (χ1n) is 8.99. The Hall–Kier alpha value is -3.35. The van der Waals surface area contributed by atoms with Crippen molar-refractivity contribution < 1.29 is 14.3 Å². The molecule has 1 unspecified atom stereocenters. The third-order valence-corrected chi connectivity index (χ3v) is 4.60. The molecule has 0 saturated heterocycles. The van der Waals surface area contributed by atoms with Crippen LogP contribution in [0.3, 0.4) is 0 Å². The number of pyridine rings is 1. The minimum absolute atomic E-state index is 0.107. The zero-order valence-corrected chi connectivity index (χ0v) is 16.5. The third-order valence-electron chi connectivity index (χ3n) is 4.60. The highest BCUT2D eigenvalue weighted by Gasteiger charge is 2.18. The molecule has 7 heteroatoms. The summed E-state index contributed by atoms with van der Waals surface area (Å²) in [5.41, 5.74) is 2.65. The second kappa shape index (κ2) is 8.56. The number of nitrogens with one attached hydrogen (secondary N) is 1. The second-order valence-corrected chi connectivity index (χ2v) is 6.43. The van der Waals surface area contributed by atoms with Crippen LogP contribution in [-0.2, 0) is 11.2 Å². The summed E-state index contributed by atoms with van der Waals surface area (Å²) >= 11 is 0. The lowest BCUT2D eigenvalue weighted by Gasteiger charge is -2.15. The molecule has 2 aromatic heterocycles. The molecule has 28 heavy (non-hydrogen) atoms. The maximum atomic E-state index is 12.6. The van der Waals surface area contributed by atoms with Gasteiger partial charge in [-0.05, 0) is 44.2 Å². The fraction of sp³-hybridized carbons (Fsp3) is 0.286. The van der Waals surface area contributed by atoms with Crippen LogP contribution in [0.4, 0.5) is 0 Å². The van der Waals surface area contributed by atoms with Crippen molar-refractivity contribution in [1.82, 2.24) is 20.1 Å². The number of ether oxygens (including phenoxy) is 2. The van der Waals surface area contributed by atoms with Gasteiger partial charge in [-0.1, -0.05) is 6.07 Å². The number of amides is 1. The van der Waals surface area contributed by atoms with E-state index in [0.29, 0.717) is 11.5 Å². The molecule has 0 aliphatic carbocycles. The lowest BCUT2D eigenvalue weighted by molar-refractivity contribution is -0.121. The molecule has 0 radical (unpaired) electrons. The first-order chi connectivity index (χ1) is 13.5. The van der Waals surface area contributed by atoms with E-state index < -0.39 is 0 Å². The molecule has 0 spiro atoms. The molecule has 1 N–H and O–H groups in total. The largest absolute Gasteiger partial charge is 0.497 e. The number of carbonyl (C=O) groups is 1. The molecule has 1 atom stereocenters. The number of methoxy groups -OCH3 is 2. The zero-order valence-electron chi connectivity index (χ0n) is 16.5. The number of carbonyl (C=O) groups excluding carboxylic acids is 1. The lowest BCUT2D eigenvalue weighted by Crippen LogP contribution is -2.28. The van der Waals surface area contributed by atoms with Gasteiger partial charge < -0.3 is 14.8 Å². The Bertz CT molecular complexity index is 954. The topological polar surface area (TPSA) is 78.3 Å². The van der Waals surface area contributed by atoms with E-state index in [1.807, 2.05) is 38.1 Å². The van der Waals surface area contributed by atoms with Crippen LogP contribution in [-0.4, -0.2) is 34.9 Å². The van der Waals surface area contributed by atoms with E-state index in [9.17, 15) is 4.79 Å². The monoisotopic (exact) mass is 380 g/mol. The number of hydrogen-bond acceptors (Lipinski definition) is 5. The highest BCUT2D eigenvalue weighted by Crippen LogP contribution is 2.25. The van der Waals surface area contributed by atoms with Gasteiger partial charge >= 0.3 is 0 Å². The van der Waals surface area contributed by atoms with E-state index in [1.165, 1.54) is 0 Å². The summed E-state index contributed by atoms with van der Waals surface area (Å²) in [6, 6.07) is 10.9. The first kappa shape index (κ1) is 19.4. The van der Waals surface area contributed by atoms with Gasteiger partial charge in [0.1, 0.15) is 11.5 Å². The molecule has 7 nitrogen and oxygen atoms in total. The van der Waals surface area contributed by atoms with Crippen LogP contribution < -0.4 is 14.8 Å². The maximum absolute atomic E-state index is 12.6. The quantitative estimate of drug-likeness (QED) is 0.682. The predicted molar refractivity (Wildman–Crippen MR) is 106 cm³/mol. The SMILES string of the molecule is COc1ccc(OC)c(CC(=O)NC(C)c2cnn(-c3ccccn3)c2C)c1. The summed E-state index contributed by atoms with van der Waals surface area (Å²) < 4.78 is 12.4. The summed E-state index contributed by atoms with van der Waals surface area (Å²) in [6.45, 7) is 3.90. The highest BCUT2D eigenvalue weighted by atomic mass is 16.5. The summed E-state index contributed by atoms with van der Waals surface area (Å²) in [4.78, 5) is 16.9. The van der Waals surface area contributed by atoms with E-state index in [-0.39, 0.29) is 18.4 Å². The normalized spacial score (nSPS) is 11.7. The Labute approximate surface area is 164 Å². The van der Waals surface area contributed by atoms with Crippen LogP contribution in [0.5, 0.6) is 11.5 Å². The minimum atomic E-state index is -0.193. The van der Waals surface area contributed by atoms with Crippen molar-refractivity contribution in [2.24, 2.45) is 0 Å². The van der Waals surface area contributed by atoms with E-state index >= 15 is 0 Å². The standard InChI is InChI=1S/C21H24N4O3/c1-14(18-13-23-25(15(18)2)20-7-5-6-10-22-20)24-21(26)12-16-11-17(27-3)8-9-19(16)28-4/h5-11,13-14H,12H2,1-4H3,(H,24,26). The van der Waals surface area contributed by atoms with Crippen LogP contribution in [0, 0.1) is 6.92 Å². The molecule has 0 saturated carbocycles. The number of rotatable bonds is 7. The number of benzene rings is 1. The smallest absolute Gasteiger partial charge is 0.225 e. The van der Waals surface area contributed by atoms with Gasteiger partial charge in [-0.15, -0.1) is 0 Å². The van der Waals surface area contributed by atoms with Crippen molar-refractivity contribution in [2.75, 3.05) is 14.2 Å². The Morgan fingerprint density at radius 3 is 2.71 bits per heavy atom. The highest BCUT2D eigenvalue weighted by molar-refractivity contribution is 5.80. The molecule has 3 aromatic rings. The van der Waals surface area contributed by atoms with Crippen molar-refractivity contribution >= 4 is 5.91 Å². The summed E-state index contributed by atoms with van der Waals surface area (Å²) in [6.07, 6.45) is 3.68. The van der Waals surface area contributed by atoms with Crippen molar-refractivity contribution in [3.63, 3.8) is 0 Å². The van der Waals surface area contributed by atoms with E-state index in [0.717, 1.165) is 22.6 Å². The third kappa shape index (κ3) is 4.14. The summed E-state index contributed by atoms with van der Waals surface area (Å²) in [5.74, 6) is 1.97. The number of aromatic nitrogens is 3. The van der Waals surface area contributed by atoms with E-state index in [4.69, 9.17) is 9.47 Å². The fourth-order valence-corrected chi connectivity index (χ4v) is 3.12. The molecular formula is C21H24N4O3. The van der Waals surface area contributed by atoms with Crippen LogP contribution in [0.15, 0.2) is 48.8 Å². The van der Waals surface area contributed by atoms with E-state index in [2.05, 4.69) is 15.4 Å². The molecule has 0 fully saturated rings. The maximum Gasteiger partial charge on any atom is 0.225 e. The van der Waals surface area contributed by atoms with Crippen LogP contribution in [0.25, 0.3) is 5.82 Å². The molecule has 3 rings (SSSR count). The van der Waals surface area contributed by atoms with Crippen molar-refractivity contribution in [3.05, 3.63) is 65.6 Å². The Morgan fingerprint density at radius 2 is 2.04 bits per heavy atom. The van der Waals surface area contributed by atoms with Crippen LogP contribution >= 0.6 is 0 Å². The Balaban J connectivity index is 1.73. The van der Waals surface area contributed by atoms with Gasteiger partial charge in [0, 0.05) is 23.0 Å². The minimum Gasteiger partial charge on any atom is -0.497 e. The van der Waals surface area contributed by atoms with Gasteiger partial charge in [-0.25, -0.2) is 9.67 Å². The molecule has 146 valence electrons. The molecule has 1 aromatic carbocycles. The van der Waals surface area contributed by atoms with Gasteiger partial charge in [0.2, 0.25) is 5.91 Å². The molecule has 2 heterocycles. The van der Waals surface area contributed by atoms with Crippen molar-refractivity contribution in [2.45, 2.75) is 26.3 Å². The molecule has 0 aliphatic rings. The summed E-state index contributed by atoms with van der Waals surface area (Å²) in [7, 11) is 3.18. The fourth-order valence-electron chi connectivity index (χ4n) is 3.12. The lowest BCUT2D eigenvalue weighted by atomic mass is 10.1. The van der Waals surface area contributed by atoms with Crippen LogP contribution in [0.2, 0.25) is 0 Å². The van der Waals surface area contributed by atoms with E-state index in [1.54, 1.807) is 43.4 Å². The van der Waals surface area contributed by atoms with Gasteiger partial charge in [0.25, 0.3) is 0 Å². The average Bonchev–Trinajstić information content (AvgIpc) is 3.10. The zero-order chi connectivity index (χ0) is 20.1. The van der Waals surface area contributed by atoms with Crippen molar-refractivity contribution in [3.8, 4) is 17.3 Å². The van der Waals surface area contributed by atoms with Gasteiger partial charge in [0.15, 0.2) is 5.82 Å². The molecular weight excluding hydrogens is 356 g/mol. The molecule has 0 aliphatic heterocycles. The number of hydrogen-bond donors (Lipinski definition) is 1. The molecule has 1 amide bonds. The second-order valence-electron chi connectivity index (χ2n) is 6.43. The van der Waals surface area contributed by atoms with Crippen molar-refractivity contribution in [1.29, 1.82) is 0 Å². The Morgan fingerprint density at radius 1 is 1.21 bits per heavy atom. The van der Waals surface area contributed by atoms with Gasteiger partial charge in [0.05, 0.1) is 32.9 Å². The number of nitrogens with zero attached hydrogens (tertiary/aromatic N) is 3. The summed E-state index contributed by atoms with van der Waals surface area (Å²) in [5, 5.41) is 7.44. The van der Waals surface area contributed by atoms with Gasteiger partial charge in [-0.2, -0.15) is 5.10 Å². The van der Waals surface area contributed by atoms with Gasteiger partial charge in [-0.3, -0.25) is 4.79 Å². The first-order valence-corrected chi connectivity index (χ1v) is 8.99.